The van der Waals surface area contributed by atoms with Gasteiger partial charge in [-0.2, -0.15) is 13.2 Å². The van der Waals surface area contributed by atoms with Crippen LogP contribution < -0.4 is 0 Å². The summed E-state index contributed by atoms with van der Waals surface area (Å²) in [6.45, 7) is -0.260. The summed E-state index contributed by atoms with van der Waals surface area (Å²) in [6.07, 6.45) is -4.52. The number of aromatic nitrogens is 2. The lowest BCUT2D eigenvalue weighted by molar-refractivity contribution is -0.137. The molecule has 6 aromatic rings. The molecule has 1 aliphatic rings. The lowest BCUT2D eigenvalue weighted by Crippen LogP contribution is -2.29. The van der Waals surface area contributed by atoms with Crippen molar-refractivity contribution in [2.75, 3.05) is 0 Å². The molecule has 4 aromatic carbocycles. The number of para-hydroxylation sites is 2. The summed E-state index contributed by atoms with van der Waals surface area (Å²) < 4.78 is 39.8. The Bertz CT molecular complexity index is 1800. The highest BCUT2D eigenvalue weighted by Crippen LogP contribution is 2.44. The fourth-order valence-corrected chi connectivity index (χ4v) is 5.39. The number of carbonyl (C=O) groups excluding carboxylic acids is 2. The molecule has 2 amide bonds. The van der Waals surface area contributed by atoms with Gasteiger partial charge in [0.05, 0.1) is 34.3 Å². The maximum Gasteiger partial charge on any atom is 0.416 e. The molecule has 0 unspecified atom stereocenters. The fraction of sp³-hybridized carbons (Fsp3) is 0.0714. The molecule has 36 heavy (non-hydrogen) atoms. The number of amides is 2. The smallest absolute Gasteiger partial charge is 0.353 e. The molecule has 0 fully saturated rings. The minimum atomic E-state index is -4.52. The van der Waals surface area contributed by atoms with Crippen molar-refractivity contribution in [2.24, 2.45) is 0 Å². The van der Waals surface area contributed by atoms with Gasteiger partial charge >= 0.3 is 6.18 Å². The van der Waals surface area contributed by atoms with Crippen molar-refractivity contribution in [3.63, 3.8) is 0 Å². The van der Waals surface area contributed by atoms with E-state index in [9.17, 15) is 22.8 Å². The van der Waals surface area contributed by atoms with E-state index in [0.29, 0.717) is 21.8 Å². The lowest BCUT2D eigenvalue weighted by atomic mass is 9.97. The van der Waals surface area contributed by atoms with Gasteiger partial charge in [0.25, 0.3) is 11.8 Å². The Morgan fingerprint density at radius 2 is 1.22 bits per heavy atom. The monoisotopic (exact) mass is 483 g/mol. The third-order valence-corrected chi connectivity index (χ3v) is 6.93. The summed E-state index contributed by atoms with van der Waals surface area (Å²) >= 11 is 0. The maximum atomic E-state index is 13.8. The molecule has 7 rings (SSSR count). The van der Waals surface area contributed by atoms with Gasteiger partial charge in [0, 0.05) is 32.6 Å². The van der Waals surface area contributed by atoms with Gasteiger partial charge in [0.15, 0.2) is 0 Å². The largest absolute Gasteiger partial charge is 0.416 e. The van der Waals surface area contributed by atoms with Crippen LogP contribution in [0, 0.1) is 0 Å². The van der Waals surface area contributed by atoms with Crippen molar-refractivity contribution in [2.45, 2.75) is 12.7 Å². The van der Waals surface area contributed by atoms with Crippen LogP contribution in [0.5, 0.6) is 0 Å². The minimum Gasteiger partial charge on any atom is -0.353 e. The van der Waals surface area contributed by atoms with Crippen LogP contribution in [0.3, 0.4) is 0 Å². The number of imide groups is 1. The van der Waals surface area contributed by atoms with Crippen LogP contribution in [0.25, 0.3) is 43.6 Å². The number of alkyl halides is 3. The number of hydrogen-bond donors (Lipinski definition) is 2. The number of hydrogen-bond acceptors (Lipinski definition) is 2. The predicted octanol–water partition coefficient (Wildman–Crippen LogP) is 6.77. The van der Waals surface area contributed by atoms with E-state index < -0.39 is 23.6 Å². The molecule has 0 bridgehead atoms. The van der Waals surface area contributed by atoms with E-state index in [0.717, 1.165) is 38.8 Å². The Balaban J connectivity index is 1.51. The summed E-state index contributed by atoms with van der Waals surface area (Å²) in [5.41, 5.74) is 3.01. The van der Waals surface area contributed by atoms with Crippen LogP contribution in [0.2, 0.25) is 0 Å². The first-order valence-electron chi connectivity index (χ1n) is 11.3. The molecule has 0 spiro atoms. The van der Waals surface area contributed by atoms with Crippen molar-refractivity contribution in [1.82, 2.24) is 14.9 Å². The average molecular weight is 483 g/mol. The van der Waals surface area contributed by atoms with Gasteiger partial charge in [0.2, 0.25) is 0 Å². The topological polar surface area (TPSA) is 69.0 Å². The summed E-state index contributed by atoms with van der Waals surface area (Å²) in [4.78, 5) is 35.5. The first-order valence-corrected chi connectivity index (χ1v) is 11.3. The Hall–Kier alpha value is -4.59. The maximum absolute atomic E-state index is 13.8. The number of nitrogens with zero attached hydrogens (tertiary/aromatic N) is 1. The first-order chi connectivity index (χ1) is 17.3. The molecule has 0 aliphatic carbocycles. The van der Waals surface area contributed by atoms with Crippen molar-refractivity contribution in [3.05, 3.63) is 95.1 Å². The van der Waals surface area contributed by atoms with Crippen molar-refractivity contribution in [3.8, 4) is 0 Å². The summed E-state index contributed by atoms with van der Waals surface area (Å²) in [5.74, 6) is -1.04. The van der Waals surface area contributed by atoms with Gasteiger partial charge < -0.3 is 9.97 Å². The average Bonchev–Trinajstić information content (AvgIpc) is 3.50. The number of fused-ring (bicyclic) bond motifs is 10. The Morgan fingerprint density at radius 3 is 1.75 bits per heavy atom. The number of aromatic amines is 2. The van der Waals surface area contributed by atoms with Crippen LogP contribution >= 0.6 is 0 Å². The van der Waals surface area contributed by atoms with E-state index in [1.165, 1.54) is 12.1 Å². The normalized spacial score (nSPS) is 14.1. The third-order valence-electron chi connectivity index (χ3n) is 6.93. The highest BCUT2D eigenvalue weighted by molar-refractivity contribution is 6.39. The molecule has 1 aliphatic heterocycles. The van der Waals surface area contributed by atoms with Crippen molar-refractivity contribution in [1.29, 1.82) is 0 Å². The second-order valence-corrected chi connectivity index (χ2v) is 8.99. The third kappa shape index (κ3) is 2.72. The molecule has 5 nitrogen and oxygen atoms in total. The summed E-state index contributed by atoms with van der Waals surface area (Å²) in [7, 11) is 0. The highest BCUT2D eigenvalue weighted by Gasteiger charge is 2.41. The Kier molecular flexibility index (Phi) is 4.02. The van der Waals surface area contributed by atoms with Gasteiger partial charge in [-0.3, -0.25) is 14.5 Å². The van der Waals surface area contributed by atoms with E-state index >= 15 is 0 Å². The fourth-order valence-electron chi connectivity index (χ4n) is 5.39. The minimum absolute atomic E-state index is 0.227. The molecule has 2 aromatic heterocycles. The number of H-pyrrole nitrogens is 2. The van der Waals surface area contributed by atoms with E-state index in [1.807, 2.05) is 48.5 Å². The van der Waals surface area contributed by atoms with Gasteiger partial charge in [-0.1, -0.05) is 48.5 Å². The summed E-state index contributed by atoms with van der Waals surface area (Å²) in [5, 5.41) is 2.85. The Morgan fingerprint density at radius 1 is 0.694 bits per heavy atom. The molecular formula is C28H16F3N3O2. The molecule has 2 N–H and O–H groups in total. The van der Waals surface area contributed by atoms with Crippen LogP contribution in [-0.2, 0) is 12.7 Å². The number of rotatable bonds is 2. The second kappa shape index (κ2) is 6.97. The number of nitrogens with one attached hydrogen (secondary N) is 2. The quantitative estimate of drug-likeness (QED) is 0.267. The molecule has 0 radical (unpaired) electrons. The Labute approximate surface area is 201 Å². The molecule has 0 atom stereocenters. The van der Waals surface area contributed by atoms with E-state index in [2.05, 4.69) is 9.97 Å². The van der Waals surface area contributed by atoms with Crippen molar-refractivity contribution < 1.29 is 22.8 Å². The van der Waals surface area contributed by atoms with Crippen molar-refractivity contribution >= 4 is 55.4 Å². The van der Waals surface area contributed by atoms with Crippen LogP contribution in [0.1, 0.15) is 31.8 Å². The second-order valence-electron chi connectivity index (χ2n) is 8.99. The molecule has 0 saturated heterocycles. The highest BCUT2D eigenvalue weighted by atomic mass is 19.4. The first kappa shape index (κ1) is 20.8. The lowest BCUT2D eigenvalue weighted by Gasteiger charge is -2.15. The van der Waals surface area contributed by atoms with Gasteiger partial charge in [-0.05, 0) is 29.8 Å². The standard InChI is InChI=1S/C28H16F3N3O2/c29-28(30,31)15-7-5-6-14(12-15)13-34-26(35)22-20-16-8-1-3-10-18(16)32-24(20)25-21(23(22)27(34)36)17-9-2-4-11-19(17)33-25/h1-12,32-33H,13H2. The van der Waals surface area contributed by atoms with E-state index in [4.69, 9.17) is 0 Å². The SMILES string of the molecule is O=C1c2c(c3c4ccccc4[nH]c3c3[nH]c4ccccc4c23)C(=O)N1Cc1cccc(C(F)(F)F)c1. The molecule has 3 heterocycles. The molecule has 8 heteroatoms. The zero-order chi connectivity index (χ0) is 24.8. The van der Waals surface area contributed by atoms with Crippen LogP contribution in [-0.4, -0.2) is 26.7 Å². The van der Waals surface area contributed by atoms with E-state index in [-0.39, 0.29) is 23.2 Å². The van der Waals surface area contributed by atoms with Gasteiger partial charge in [-0.25, -0.2) is 0 Å². The number of benzene rings is 4. The van der Waals surface area contributed by atoms with Gasteiger partial charge in [-0.15, -0.1) is 0 Å². The van der Waals surface area contributed by atoms with Gasteiger partial charge in [0.1, 0.15) is 0 Å². The zero-order valence-corrected chi connectivity index (χ0v) is 18.5. The molecular weight excluding hydrogens is 467 g/mol. The number of halogens is 3. The number of carbonyl (C=O) groups is 2. The molecule has 176 valence electrons. The van der Waals surface area contributed by atoms with Crippen LogP contribution in [0.4, 0.5) is 13.2 Å². The summed E-state index contributed by atoms with van der Waals surface area (Å²) in [6, 6.07) is 19.8. The van der Waals surface area contributed by atoms with E-state index in [1.54, 1.807) is 0 Å². The van der Waals surface area contributed by atoms with Crippen LogP contribution in [0.15, 0.2) is 72.8 Å². The zero-order valence-electron chi connectivity index (χ0n) is 18.5. The predicted molar refractivity (Wildman–Crippen MR) is 131 cm³/mol. The molecule has 0 saturated carbocycles.